The Kier molecular flexibility index (Phi) is 3.78. The first kappa shape index (κ1) is 12.3. The van der Waals surface area contributed by atoms with Crippen molar-refractivity contribution in [2.24, 2.45) is 5.92 Å². The summed E-state index contributed by atoms with van der Waals surface area (Å²) in [4.78, 5) is 5.86. The normalized spacial score (nSPS) is 28.9. The third-order valence-corrected chi connectivity index (χ3v) is 5.51. The van der Waals surface area contributed by atoms with Crippen LogP contribution in [0.1, 0.15) is 50.8 Å². The predicted octanol–water partition coefficient (Wildman–Crippen LogP) is 4.20. The monoisotopic (exact) mass is 262 g/mol. The maximum atomic E-state index is 4.38. The van der Waals surface area contributed by atoms with E-state index in [2.05, 4.69) is 35.1 Å². The number of imidazole rings is 1. The number of fused-ring (bicyclic) bond motifs is 1. The molecule has 2 nitrogen and oxygen atoms in total. The molecule has 3 rings (SSSR count). The molecular weight excluding hydrogens is 240 g/mol. The second-order valence-corrected chi connectivity index (χ2v) is 6.85. The van der Waals surface area contributed by atoms with Crippen LogP contribution in [-0.4, -0.2) is 15.3 Å². The summed E-state index contributed by atoms with van der Waals surface area (Å²) >= 11 is 2.03. The van der Waals surface area contributed by atoms with Gasteiger partial charge in [-0.1, -0.05) is 25.3 Å². The number of hydrogen-bond donors (Lipinski definition) is 0. The zero-order chi connectivity index (χ0) is 12.4. The van der Waals surface area contributed by atoms with E-state index in [1.54, 1.807) is 0 Å². The minimum Gasteiger partial charge on any atom is -0.330 e. The van der Waals surface area contributed by atoms with Crippen molar-refractivity contribution in [3.63, 3.8) is 0 Å². The van der Waals surface area contributed by atoms with E-state index in [0.717, 1.165) is 12.3 Å². The maximum Gasteiger partial charge on any atom is 0.0951 e. The van der Waals surface area contributed by atoms with Crippen LogP contribution < -0.4 is 0 Å². The lowest BCUT2D eigenvalue weighted by molar-refractivity contribution is 0.264. The molecule has 2 aliphatic rings. The van der Waals surface area contributed by atoms with Crippen molar-refractivity contribution in [2.75, 3.05) is 5.75 Å². The lowest BCUT2D eigenvalue weighted by Crippen LogP contribution is -2.25. The fourth-order valence-corrected chi connectivity index (χ4v) is 4.34. The number of allylic oxidation sites excluding steroid dienone is 2. The van der Waals surface area contributed by atoms with Crippen LogP contribution in [0.25, 0.3) is 0 Å². The van der Waals surface area contributed by atoms with Crippen molar-refractivity contribution < 1.29 is 0 Å². The quantitative estimate of drug-likeness (QED) is 0.755. The molecule has 0 amide bonds. The second kappa shape index (κ2) is 5.52. The summed E-state index contributed by atoms with van der Waals surface area (Å²) in [5.74, 6) is 2.08. The summed E-state index contributed by atoms with van der Waals surface area (Å²) in [5.41, 5.74) is 1.39. The Bertz CT molecular complexity index is 429. The first-order chi connectivity index (χ1) is 8.84. The summed E-state index contributed by atoms with van der Waals surface area (Å²) < 4.78 is 2.46. The summed E-state index contributed by atoms with van der Waals surface area (Å²) in [6, 6.07) is 0.663. The molecule has 1 aromatic rings. The Hall–Kier alpha value is -0.700. The highest BCUT2D eigenvalue weighted by atomic mass is 32.2. The van der Waals surface area contributed by atoms with Crippen LogP contribution in [0, 0.1) is 5.92 Å². The molecule has 0 N–H and O–H groups in total. The van der Waals surface area contributed by atoms with Crippen molar-refractivity contribution in [3.05, 3.63) is 29.2 Å². The topological polar surface area (TPSA) is 17.8 Å². The smallest absolute Gasteiger partial charge is 0.0951 e. The van der Waals surface area contributed by atoms with Crippen molar-refractivity contribution >= 4 is 11.8 Å². The Morgan fingerprint density at radius 1 is 1.28 bits per heavy atom. The van der Waals surface area contributed by atoms with E-state index >= 15 is 0 Å². The molecular formula is C15H22N2S. The van der Waals surface area contributed by atoms with E-state index < -0.39 is 0 Å². The lowest BCUT2D eigenvalue weighted by atomic mass is 9.84. The lowest BCUT2D eigenvalue weighted by Gasteiger charge is -2.33. The van der Waals surface area contributed by atoms with Gasteiger partial charge in [-0.25, -0.2) is 4.98 Å². The zero-order valence-electron chi connectivity index (χ0n) is 11.1. The van der Waals surface area contributed by atoms with E-state index in [1.165, 1.54) is 48.5 Å². The molecule has 3 heteroatoms. The van der Waals surface area contributed by atoms with E-state index in [9.17, 15) is 0 Å². The van der Waals surface area contributed by atoms with Gasteiger partial charge in [0, 0.05) is 30.1 Å². The van der Waals surface area contributed by atoms with Gasteiger partial charge in [-0.05, 0) is 30.6 Å². The molecule has 18 heavy (non-hydrogen) atoms. The fourth-order valence-electron chi connectivity index (χ4n) is 3.28. The van der Waals surface area contributed by atoms with E-state index in [-0.39, 0.29) is 0 Å². The first-order valence-electron chi connectivity index (χ1n) is 7.15. The van der Waals surface area contributed by atoms with Gasteiger partial charge in [0.2, 0.25) is 0 Å². The molecule has 1 unspecified atom stereocenters. The van der Waals surface area contributed by atoms with Gasteiger partial charge >= 0.3 is 0 Å². The van der Waals surface area contributed by atoms with Crippen molar-refractivity contribution in [2.45, 2.75) is 51.5 Å². The molecule has 0 spiro atoms. The number of aromatic nitrogens is 2. The van der Waals surface area contributed by atoms with Gasteiger partial charge in [-0.2, -0.15) is 0 Å². The van der Waals surface area contributed by atoms with Crippen LogP contribution in [0.2, 0.25) is 0 Å². The van der Waals surface area contributed by atoms with Crippen molar-refractivity contribution in [1.82, 2.24) is 9.55 Å². The summed E-state index contributed by atoms with van der Waals surface area (Å²) in [7, 11) is 0. The number of rotatable bonds is 1. The van der Waals surface area contributed by atoms with Crippen LogP contribution in [0.15, 0.2) is 23.5 Å². The third-order valence-electron chi connectivity index (χ3n) is 4.38. The van der Waals surface area contributed by atoms with E-state index in [0.29, 0.717) is 6.04 Å². The Labute approximate surface area is 114 Å². The zero-order valence-corrected chi connectivity index (χ0v) is 12.0. The molecule has 0 saturated heterocycles. The highest BCUT2D eigenvalue weighted by molar-refractivity contribution is 8.03. The highest BCUT2D eigenvalue weighted by Gasteiger charge is 2.27. The number of nitrogens with zero attached hydrogens (tertiary/aromatic N) is 2. The first-order valence-corrected chi connectivity index (χ1v) is 8.13. The third kappa shape index (κ3) is 2.51. The largest absolute Gasteiger partial charge is 0.330 e. The highest BCUT2D eigenvalue weighted by Crippen LogP contribution is 2.37. The molecule has 98 valence electrons. The molecule has 0 aromatic carbocycles. The van der Waals surface area contributed by atoms with Crippen LogP contribution in [0.3, 0.4) is 0 Å². The van der Waals surface area contributed by atoms with Gasteiger partial charge in [0.25, 0.3) is 0 Å². The van der Waals surface area contributed by atoms with Crippen LogP contribution >= 0.6 is 11.8 Å². The van der Waals surface area contributed by atoms with Crippen molar-refractivity contribution in [1.29, 1.82) is 0 Å². The van der Waals surface area contributed by atoms with Crippen LogP contribution in [0.4, 0.5) is 0 Å². The standard InChI is InChI=1S/C15H22N2S/c1-12-7-8-14-9-16-11-17(14)15(10-18-12)13-5-3-2-4-6-13/h7,9,11,13,15H,2-6,8,10H2,1H3/b12-7-. The van der Waals surface area contributed by atoms with Crippen molar-refractivity contribution in [3.8, 4) is 0 Å². The maximum absolute atomic E-state index is 4.38. The number of hydrogen-bond acceptors (Lipinski definition) is 2. The van der Waals surface area contributed by atoms with Crippen LogP contribution in [-0.2, 0) is 6.42 Å². The predicted molar refractivity (Wildman–Crippen MR) is 77.8 cm³/mol. The van der Waals surface area contributed by atoms with E-state index in [4.69, 9.17) is 0 Å². The summed E-state index contributed by atoms with van der Waals surface area (Å²) in [6.45, 7) is 2.24. The minimum absolute atomic E-state index is 0.663. The molecule has 1 aromatic heterocycles. The molecule has 1 fully saturated rings. The molecule has 0 radical (unpaired) electrons. The second-order valence-electron chi connectivity index (χ2n) is 5.59. The Balaban J connectivity index is 1.87. The minimum atomic E-state index is 0.663. The summed E-state index contributed by atoms with van der Waals surface area (Å²) in [5, 5.41) is 0. The summed E-state index contributed by atoms with van der Waals surface area (Å²) in [6.07, 6.45) is 14.6. The van der Waals surface area contributed by atoms with E-state index in [1.807, 2.05) is 11.8 Å². The van der Waals surface area contributed by atoms with Gasteiger partial charge in [0.15, 0.2) is 0 Å². The SMILES string of the molecule is C/C1=C/Cc2cncn2C(C2CCCCC2)CS1. The molecule has 1 atom stereocenters. The molecule has 1 aliphatic carbocycles. The van der Waals surface area contributed by atoms with Gasteiger partial charge in [0.1, 0.15) is 0 Å². The fraction of sp³-hybridized carbons (Fsp3) is 0.667. The van der Waals surface area contributed by atoms with Gasteiger partial charge in [-0.15, -0.1) is 11.8 Å². The van der Waals surface area contributed by atoms with Gasteiger partial charge in [0.05, 0.1) is 6.33 Å². The molecule has 1 aliphatic heterocycles. The Morgan fingerprint density at radius 2 is 2.11 bits per heavy atom. The molecule has 1 saturated carbocycles. The number of thioether (sulfide) groups is 1. The van der Waals surface area contributed by atoms with Gasteiger partial charge in [-0.3, -0.25) is 0 Å². The Morgan fingerprint density at radius 3 is 2.94 bits per heavy atom. The molecule has 2 heterocycles. The average molecular weight is 262 g/mol. The van der Waals surface area contributed by atoms with Gasteiger partial charge < -0.3 is 4.57 Å². The average Bonchev–Trinajstić information content (AvgIpc) is 2.84. The van der Waals surface area contributed by atoms with Crippen LogP contribution in [0.5, 0.6) is 0 Å². The molecule has 0 bridgehead atoms.